The van der Waals surface area contributed by atoms with Gasteiger partial charge >= 0.3 is 0 Å². The van der Waals surface area contributed by atoms with Crippen LogP contribution >= 0.6 is 0 Å². The largest absolute Gasteiger partial charge is 0.378 e. The van der Waals surface area contributed by atoms with Crippen LogP contribution in [0.2, 0.25) is 0 Å². The van der Waals surface area contributed by atoms with E-state index in [4.69, 9.17) is 4.74 Å². The van der Waals surface area contributed by atoms with Crippen LogP contribution in [-0.4, -0.2) is 37.5 Å². The highest BCUT2D eigenvalue weighted by Gasteiger charge is 2.59. The molecule has 23 heavy (non-hydrogen) atoms. The lowest BCUT2D eigenvalue weighted by molar-refractivity contribution is -0.167. The van der Waals surface area contributed by atoms with Crippen LogP contribution in [0.25, 0.3) is 11.0 Å². The number of nitrogens with zero attached hydrogens (tertiary/aromatic N) is 2. The van der Waals surface area contributed by atoms with Crippen LogP contribution in [0.1, 0.15) is 32.6 Å². The van der Waals surface area contributed by atoms with E-state index in [2.05, 4.69) is 19.7 Å². The second-order valence-corrected chi connectivity index (χ2v) is 8.01. The summed E-state index contributed by atoms with van der Waals surface area (Å²) in [6, 6.07) is 4.77. The van der Waals surface area contributed by atoms with Gasteiger partial charge in [-0.15, -0.1) is 0 Å². The van der Waals surface area contributed by atoms with Crippen molar-refractivity contribution in [3.63, 3.8) is 0 Å². The zero-order valence-electron chi connectivity index (χ0n) is 12.9. The summed E-state index contributed by atoms with van der Waals surface area (Å²) in [6.45, 7) is 2.64. The number of hydrogen-bond donors (Lipinski definition) is 1. The first-order valence-corrected chi connectivity index (χ1v) is 9.40. The number of aromatic nitrogens is 2. The van der Waals surface area contributed by atoms with Gasteiger partial charge in [-0.25, -0.2) is 17.8 Å². The lowest BCUT2D eigenvalue weighted by Gasteiger charge is -2.60. The van der Waals surface area contributed by atoms with E-state index in [1.807, 2.05) is 6.92 Å². The molecular weight excluding hydrogens is 318 g/mol. The van der Waals surface area contributed by atoms with E-state index in [-0.39, 0.29) is 28.0 Å². The van der Waals surface area contributed by atoms with Crippen molar-refractivity contribution in [1.82, 2.24) is 15.0 Å². The molecule has 1 spiro atoms. The van der Waals surface area contributed by atoms with E-state index < -0.39 is 10.0 Å². The minimum absolute atomic E-state index is 0.0287. The number of ether oxygens (including phenoxy) is 1. The fourth-order valence-electron chi connectivity index (χ4n) is 3.85. The first-order valence-electron chi connectivity index (χ1n) is 7.92. The maximum absolute atomic E-state index is 12.8. The maximum atomic E-state index is 12.8. The summed E-state index contributed by atoms with van der Waals surface area (Å²) in [4.78, 5) is 0.116. The molecule has 2 aliphatic carbocycles. The lowest BCUT2D eigenvalue weighted by Crippen LogP contribution is -2.67. The highest BCUT2D eigenvalue weighted by Crippen LogP contribution is 2.57. The summed E-state index contributed by atoms with van der Waals surface area (Å²) in [5.41, 5.74) is 0.675. The first-order chi connectivity index (χ1) is 11.1. The van der Waals surface area contributed by atoms with Crippen molar-refractivity contribution in [2.45, 2.75) is 49.6 Å². The summed E-state index contributed by atoms with van der Waals surface area (Å²) in [5.74, 6) is 0. The zero-order valence-corrected chi connectivity index (χ0v) is 13.7. The molecule has 0 aliphatic heterocycles. The Morgan fingerprint density at radius 3 is 2.91 bits per heavy atom. The molecule has 1 N–H and O–H groups in total. The highest BCUT2D eigenvalue weighted by atomic mass is 32.2. The van der Waals surface area contributed by atoms with Crippen LogP contribution in [0.15, 0.2) is 27.7 Å². The third kappa shape index (κ3) is 2.20. The second kappa shape index (κ2) is 5.25. The van der Waals surface area contributed by atoms with Crippen molar-refractivity contribution in [2.75, 3.05) is 6.61 Å². The molecule has 7 nitrogen and oxygen atoms in total. The van der Waals surface area contributed by atoms with Gasteiger partial charge in [-0.1, -0.05) is 12.5 Å². The van der Waals surface area contributed by atoms with E-state index in [9.17, 15) is 8.42 Å². The van der Waals surface area contributed by atoms with Crippen molar-refractivity contribution in [3.05, 3.63) is 18.2 Å². The molecule has 2 aliphatic rings. The summed E-state index contributed by atoms with van der Waals surface area (Å²) >= 11 is 0. The van der Waals surface area contributed by atoms with E-state index in [0.717, 1.165) is 25.7 Å². The van der Waals surface area contributed by atoms with Crippen LogP contribution in [-0.2, 0) is 14.8 Å². The van der Waals surface area contributed by atoms with Crippen LogP contribution in [0.3, 0.4) is 0 Å². The molecule has 0 amide bonds. The molecule has 1 aromatic carbocycles. The van der Waals surface area contributed by atoms with Gasteiger partial charge in [0.15, 0.2) is 5.52 Å². The Hall–Kier alpha value is -1.51. The topological polar surface area (TPSA) is 94.3 Å². The number of nitrogens with one attached hydrogen (secondary N) is 1. The Bertz CT molecular complexity index is 828. The molecule has 4 rings (SSSR count). The second-order valence-electron chi connectivity index (χ2n) is 6.33. The zero-order chi connectivity index (χ0) is 16.1. The highest BCUT2D eigenvalue weighted by molar-refractivity contribution is 7.89. The molecule has 2 saturated carbocycles. The minimum atomic E-state index is -3.67. The fraction of sp³-hybridized carbons (Fsp3) is 0.600. The van der Waals surface area contributed by atoms with Crippen LogP contribution in [0.4, 0.5) is 0 Å². The van der Waals surface area contributed by atoms with Gasteiger partial charge in [-0.3, -0.25) is 0 Å². The predicted octanol–water partition coefficient (Wildman–Crippen LogP) is 1.85. The number of sulfonamides is 1. The van der Waals surface area contributed by atoms with E-state index in [0.29, 0.717) is 12.1 Å². The fourth-order valence-corrected chi connectivity index (χ4v) is 5.34. The molecule has 0 bridgehead atoms. The van der Waals surface area contributed by atoms with Crippen LogP contribution < -0.4 is 4.72 Å². The van der Waals surface area contributed by atoms with Crippen molar-refractivity contribution < 1.29 is 17.8 Å². The summed E-state index contributed by atoms with van der Waals surface area (Å²) < 4.78 is 38.8. The third-order valence-corrected chi connectivity index (χ3v) is 6.78. The molecule has 8 heteroatoms. The molecule has 0 saturated heterocycles. The Labute approximate surface area is 134 Å². The monoisotopic (exact) mass is 337 g/mol. The Kier molecular flexibility index (Phi) is 3.44. The Morgan fingerprint density at radius 2 is 2.22 bits per heavy atom. The van der Waals surface area contributed by atoms with E-state index >= 15 is 0 Å². The molecule has 2 fully saturated rings. The quantitative estimate of drug-likeness (QED) is 0.895. The number of fused-ring (bicyclic) bond motifs is 1. The van der Waals surface area contributed by atoms with Gasteiger partial charge in [0.1, 0.15) is 10.4 Å². The van der Waals surface area contributed by atoms with Gasteiger partial charge in [0.25, 0.3) is 0 Å². The normalized spacial score (nSPS) is 26.1. The van der Waals surface area contributed by atoms with Gasteiger partial charge in [0.05, 0.1) is 6.10 Å². The van der Waals surface area contributed by atoms with Crippen molar-refractivity contribution in [1.29, 1.82) is 0 Å². The Morgan fingerprint density at radius 1 is 1.39 bits per heavy atom. The first kappa shape index (κ1) is 15.0. The lowest BCUT2D eigenvalue weighted by atomic mass is 9.51. The average Bonchev–Trinajstić information content (AvgIpc) is 2.92. The number of benzene rings is 1. The van der Waals surface area contributed by atoms with Crippen molar-refractivity contribution in [2.24, 2.45) is 5.41 Å². The molecule has 0 radical (unpaired) electrons. The van der Waals surface area contributed by atoms with Crippen LogP contribution in [0.5, 0.6) is 0 Å². The molecule has 1 aromatic heterocycles. The van der Waals surface area contributed by atoms with Gasteiger partial charge in [0, 0.05) is 18.1 Å². The van der Waals surface area contributed by atoms with Crippen molar-refractivity contribution >= 4 is 21.1 Å². The molecule has 2 atom stereocenters. The molecular formula is C15H19N3O4S. The Balaban J connectivity index is 1.60. The number of rotatable bonds is 5. The SMILES string of the molecule is CCO[C@@H]1C[C@H](NS(=O)(=O)c2cccc3nonc23)C12CCC2. The van der Waals surface area contributed by atoms with E-state index in [1.54, 1.807) is 12.1 Å². The standard InChI is InChI=1S/C15H19N3O4S/c1-2-21-13-9-12(15(13)7-4-8-15)18-23(19,20)11-6-3-5-10-14(11)17-22-16-10/h3,5-6,12-13,18H,2,4,7-9H2,1H3/t12-,13+/m0/s1. The smallest absolute Gasteiger partial charge is 0.243 e. The van der Waals surface area contributed by atoms with E-state index in [1.165, 1.54) is 6.07 Å². The van der Waals surface area contributed by atoms with Gasteiger partial charge in [-0.05, 0) is 48.6 Å². The molecule has 124 valence electrons. The predicted molar refractivity (Wildman–Crippen MR) is 82.2 cm³/mol. The maximum Gasteiger partial charge on any atom is 0.243 e. The number of hydrogen-bond acceptors (Lipinski definition) is 6. The summed E-state index contributed by atoms with van der Waals surface area (Å²) in [5, 5.41) is 7.42. The summed E-state index contributed by atoms with van der Waals surface area (Å²) in [6.07, 6.45) is 4.05. The molecule has 0 unspecified atom stereocenters. The third-order valence-electron chi connectivity index (χ3n) is 5.27. The average molecular weight is 337 g/mol. The minimum Gasteiger partial charge on any atom is -0.378 e. The van der Waals surface area contributed by atoms with Gasteiger partial charge in [-0.2, -0.15) is 0 Å². The van der Waals surface area contributed by atoms with Crippen molar-refractivity contribution in [3.8, 4) is 0 Å². The van der Waals surface area contributed by atoms with Gasteiger partial charge in [0.2, 0.25) is 10.0 Å². The molecule has 1 heterocycles. The van der Waals surface area contributed by atoms with Crippen LogP contribution in [0, 0.1) is 5.41 Å². The molecule has 2 aromatic rings. The summed E-state index contributed by atoms with van der Waals surface area (Å²) in [7, 11) is -3.67. The van der Waals surface area contributed by atoms with Gasteiger partial charge < -0.3 is 4.74 Å².